The van der Waals surface area contributed by atoms with Crippen molar-refractivity contribution in [1.82, 2.24) is 10.3 Å². The fourth-order valence-electron chi connectivity index (χ4n) is 2.43. The fraction of sp³-hybridized carbons (Fsp3) is 0.571. The summed E-state index contributed by atoms with van der Waals surface area (Å²) in [4.78, 5) is 15.4. The van der Waals surface area contributed by atoms with Crippen LogP contribution in [0.25, 0.3) is 0 Å². The van der Waals surface area contributed by atoms with Crippen LogP contribution in [0, 0.1) is 5.92 Å². The largest absolute Gasteiger partial charge is 0.417 e. The average molecular weight is 321 g/mol. The second-order valence-corrected chi connectivity index (χ2v) is 5.89. The molecule has 2 atom stereocenters. The number of halogens is 4. The minimum atomic E-state index is -4.44. The van der Waals surface area contributed by atoms with E-state index in [1.165, 1.54) is 0 Å². The summed E-state index contributed by atoms with van der Waals surface area (Å²) < 4.78 is 37.2. The Morgan fingerprint density at radius 3 is 2.71 bits per heavy atom. The van der Waals surface area contributed by atoms with Gasteiger partial charge in [-0.25, -0.2) is 0 Å². The molecule has 0 aromatic carbocycles. The van der Waals surface area contributed by atoms with Crippen molar-refractivity contribution in [3.05, 3.63) is 29.6 Å². The number of aromatic nitrogens is 1. The lowest BCUT2D eigenvalue weighted by atomic mass is 9.89. The molecule has 0 aliphatic heterocycles. The first-order valence-electron chi connectivity index (χ1n) is 6.82. The third-order valence-electron chi connectivity index (χ3n) is 3.59. The van der Waals surface area contributed by atoms with Gasteiger partial charge in [-0.15, -0.1) is 11.6 Å². The highest BCUT2D eigenvalue weighted by molar-refractivity contribution is 6.20. The topological polar surface area (TPSA) is 42.0 Å². The zero-order valence-electron chi connectivity index (χ0n) is 11.3. The molecule has 1 N–H and O–H groups in total. The summed E-state index contributed by atoms with van der Waals surface area (Å²) in [5, 5.41) is 2.85. The van der Waals surface area contributed by atoms with Gasteiger partial charge in [-0.1, -0.05) is 6.42 Å². The Bertz CT molecular complexity index is 490. The number of nitrogens with one attached hydrogen (secondary N) is 1. The van der Waals surface area contributed by atoms with Crippen LogP contribution in [0.15, 0.2) is 18.3 Å². The van der Waals surface area contributed by atoms with Crippen LogP contribution in [0.3, 0.4) is 0 Å². The second-order valence-electron chi connectivity index (χ2n) is 5.27. The summed E-state index contributed by atoms with van der Waals surface area (Å²) >= 11 is 6.07. The molecule has 1 saturated carbocycles. The van der Waals surface area contributed by atoms with E-state index in [4.69, 9.17) is 11.6 Å². The van der Waals surface area contributed by atoms with E-state index in [0.717, 1.165) is 37.8 Å². The van der Waals surface area contributed by atoms with Crippen molar-refractivity contribution in [1.29, 1.82) is 0 Å². The van der Waals surface area contributed by atoms with E-state index in [2.05, 4.69) is 10.3 Å². The van der Waals surface area contributed by atoms with E-state index in [1.807, 2.05) is 0 Å². The van der Waals surface area contributed by atoms with Crippen molar-refractivity contribution in [3.63, 3.8) is 0 Å². The van der Waals surface area contributed by atoms with Crippen molar-refractivity contribution < 1.29 is 18.0 Å². The Labute approximate surface area is 125 Å². The quantitative estimate of drug-likeness (QED) is 0.864. The van der Waals surface area contributed by atoms with Crippen LogP contribution in [0.1, 0.15) is 41.7 Å². The monoisotopic (exact) mass is 320 g/mol. The maximum Gasteiger partial charge on any atom is 0.417 e. The number of carbonyl (C=O) groups is 1. The Kier molecular flexibility index (Phi) is 5.08. The van der Waals surface area contributed by atoms with Crippen LogP contribution in [-0.2, 0) is 6.18 Å². The first-order valence-corrected chi connectivity index (χ1v) is 7.25. The van der Waals surface area contributed by atoms with E-state index in [0.29, 0.717) is 18.7 Å². The van der Waals surface area contributed by atoms with E-state index in [1.54, 1.807) is 0 Å². The zero-order valence-corrected chi connectivity index (χ0v) is 12.0. The summed E-state index contributed by atoms with van der Waals surface area (Å²) in [6.45, 7) is 0.477. The lowest BCUT2D eigenvalue weighted by molar-refractivity contribution is -0.137. The van der Waals surface area contributed by atoms with Gasteiger partial charge >= 0.3 is 6.18 Å². The molecule has 7 heteroatoms. The lowest BCUT2D eigenvalue weighted by Crippen LogP contribution is -2.32. The van der Waals surface area contributed by atoms with Crippen LogP contribution in [0.5, 0.6) is 0 Å². The van der Waals surface area contributed by atoms with Gasteiger partial charge in [-0.2, -0.15) is 13.2 Å². The molecule has 1 aromatic rings. The highest BCUT2D eigenvalue weighted by Crippen LogP contribution is 2.29. The number of nitrogens with zero attached hydrogens (tertiary/aromatic N) is 1. The molecule has 2 unspecified atom stereocenters. The Hall–Kier alpha value is -1.30. The summed E-state index contributed by atoms with van der Waals surface area (Å²) in [6, 6.07) is 1.95. The van der Waals surface area contributed by atoms with Crippen molar-refractivity contribution in [2.24, 2.45) is 5.92 Å². The van der Waals surface area contributed by atoms with E-state index in [-0.39, 0.29) is 11.1 Å². The van der Waals surface area contributed by atoms with Crippen LogP contribution in [0.4, 0.5) is 13.2 Å². The van der Waals surface area contributed by atoms with Gasteiger partial charge in [-0.3, -0.25) is 9.78 Å². The molecule has 3 nitrogen and oxygen atoms in total. The predicted molar refractivity (Wildman–Crippen MR) is 73.2 cm³/mol. The summed E-state index contributed by atoms with van der Waals surface area (Å²) in [5.41, 5.74) is -0.877. The van der Waals surface area contributed by atoms with Crippen molar-refractivity contribution >= 4 is 17.5 Å². The number of carbonyl (C=O) groups excluding carboxylic acids is 1. The van der Waals surface area contributed by atoms with Gasteiger partial charge in [0.1, 0.15) is 5.69 Å². The molecule has 1 aliphatic carbocycles. The summed E-state index contributed by atoms with van der Waals surface area (Å²) in [5.74, 6) is -0.139. The van der Waals surface area contributed by atoms with Gasteiger partial charge in [0.2, 0.25) is 0 Å². The minimum absolute atomic E-state index is 0.0127. The molecule has 1 fully saturated rings. The molecule has 116 valence electrons. The standard InChI is InChI=1S/C14H16ClF3N2O/c15-11-3-1-2-9(6-11)7-20-13(21)12-5-4-10(8-19-12)14(16,17)18/h4-5,8-9,11H,1-3,6-7H2,(H,20,21). The highest BCUT2D eigenvalue weighted by atomic mass is 35.5. The molecular weight excluding hydrogens is 305 g/mol. The maximum absolute atomic E-state index is 12.4. The predicted octanol–water partition coefficient (Wildman–Crippen LogP) is 3.63. The molecule has 0 saturated heterocycles. The first kappa shape index (κ1) is 16.1. The molecule has 1 amide bonds. The number of pyridine rings is 1. The number of alkyl halides is 4. The summed E-state index contributed by atoms with van der Waals surface area (Å²) in [7, 11) is 0. The van der Waals surface area contributed by atoms with Gasteiger partial charge in [0, 0.05) is 18.1 Å². The van der Waals surface area contributed by atoms with Crippen molar-refractivity contribution in [3.8, 4) is 0 Å². The van der Waals surface area contributed by atoms with Crippen LogP contribution in [-0.4, -0.2) is 22.8 Å². The number of hydrogen-bond donors (Lipinski definition) is 1. The second kappa shape index (κ2) is 6.64. The maximum atomic E-state index is 12.4. The number of amides is 1. The normalized spacial score (nSPS) is 22.9. The van der Waals surface area contributed by atoms with E-state index < -0.39 is 17.6 Å². The average Bonchev–Trinajstić information content (AvgIpc) is 2.44. The smallest absolute Gasteiger partial charge is 0.350 e. The lowest BCUT2D eigenvalue weighted by Gasteiger charge is -2.25. The van der Waals surface area contributed by atoms with Crippen molar-refractivity contribution in [2.75, 3.05) is 6.54 Å². The van der Waals surface area contributed by atoms with Gasteiger partial charge < -0.3 is 5.32 Å². The van der Waals surface area contributed by atoms with Crippen LogP contribution in [0.2, 0.25) is 0 Å². The molecule has 1 aliphatic rings. The first-order chi connectivity index (χ1) is 9.86. The Morgan fingerprint density at radius 2 is 2.14 bits per heavy atom. The van der Waals surface area contributed by atoms with E-state index >= 15 is 0 Å². The van der Waals surface area contributed by atoms with Gasteiger partial charge in [0.15, 0.2) is 0 Å². The molecule has 1 heterocycles. The Morgan fingerprint density at radius 1 is 1.38 bits per heavy atom. The fourth-order valence-corrected chi connectivity index (χ4v) is 2.84. The SMILES string of the molecule is O=C(NCC1CCCC(Cl)C1)c1ccc(C(F)(F)F)cn1. The minimum Gasteiger partial charge on any atom is -0.350 e. The third-order valence-corrected chi connectivity index (χ3v) is 3.99. The number of hydrogen-bond acceptors (Lipinski definition) is 2. The van der Waals surface area contributed by atoms with Gasteiger partial charge in [0.05, 0.1) is 5.56 Å². The van der Waals surface area contributed by atoms with Gasteiger partial charge in [-0.05, 0) is 37.3 Å². The molecule has 21 heavy (non-hydrogen) atoms. The third kappa shape index (κ3) is 4.59. The van der Waals surface area contributed by atoms with Crippen molar-refractivity contribution in [2.45, 2.75) is 37.2 Å². The molecule has 0 bridgehead atoms. The molecule has 0 spiro atoms. The van der Waals surface area contributed by atoms with Gasteiger partial charge in [0.25, 0.3) is 5.91 Å². The molecular formula is C14H16ClF3N2O. The zero-order chi connectivity index (χ0) is 15.5. The molecule has 2 rings (SSSR count). The summed E-state index contributed by atoms with van der Waals surface area (Å²) in [6.07, 6.45) is 0.107. The highest BCUT2D eigenvalue weighted by Gasteiger charge is 2.31. The van der Waals surface area contributed by atoms with Crippen LogP contribution >= 0.6 is 11.6 Å². The molecule has 0 radical (unpaired) electrons. The number of rotatable bonds is 3. The van der Waals surface area contributed by atoms with Crippen LogP contribution < -0.4 is 5.32 Å². The molecule has 1 aromatic heterocycles. The van der Waals surface area contributed by atoms with E-state index in [9.17, 15) is 18.0 Å². The Balaban J connectivity index is 1.88.